The molecule has 0 spiro atoms. The lowest BCUT2D eigenvalue weighted by Crippen LogP contribution is -2.33. The van der Waals surface area contributed by atoms with Crippen LogP contribution in [0.4, 0.5) is 0 Å². The van der Waals surface area contributed by atoms with Crippen LogP contribution in [0.3, 0.4) is 0 Å². The van der Waals surface area contributed by atoms with Crippen molar-refractivity contribution in [1.82, 2.24) is 0 Å². The molecule has 0 N–H and O–H groups in total. The van der Waals surface area contributed by atoms with Gasteiger partial charge in [0.25, 0.3) is 0 Å². The Balaban J connectivity index is 2.44. The smallest absolute Gasteiger partial charge is 0.171 e. The van der Waals surface area contributed by atoms with E-state index in [1.807, 2.05) is 12.1 Å². The highest BCUT2D eigenvalue weighted by Crippen LogP contribution is 2.33. The quantitative estimate of drug-likeness (QED) is 0.612. The van der Waals surface area contributed by atoms with Gasteiger partial charge in [0.2, 0.25) is 0 Å². The summed E-state index contributed by atoms with van der Waals surface area (Å²) in [5.41, 5.74) is 0. The highest BCUT2D eigenvalue weighted by Gasteiger charge is 2.35. The maximum Gasteiger partial charge on any atom is 0.171 e. The second kappa shape index (κ2) is 4.81. The standard InChI is InChI=1S/C9H12N2O2/c10-5-7-12-9(13-8-6-11)3-1-2-4-9/h1-4,7-8H2. The number of ether oxygens (including phenoxy) is 2. The maximum atomic E-state index is 8.37. The lowest BCUT2D eigenvalue weighted by atomic mass is 10.2. The summed E-state index contributed by atoms with van der Waals surface area (Å²) in [4.78, 5) is 0. The third-order valence-electron chi connectivity index (χ3n) is 2.16. The van der Waals surface area contributed by atoms with Gasteiger partial charge in [0.15, 0.2) is 5.79 Å². The average molecular weight is 180 g/mol. The molecule has 0 aromatic carbocycles. The number of rotatable bonds is 4. The van der Waals surface area contributed by atoms with E-state index in [9.17, 15) is 0 Å². The molecule has 0 radical (unpaired) electrons. The number of nitriles is 2. The van der Waals surface area contributed by atoms with E-state index in [0.29, 0.717) is 0 Å². The van der Waals surface area contributed by atoms with Crippen molar-refractivity contribution in [3.63, 3.8) is 0 Å². The second-order valence-electron chi connectivity index (χ2n) is 3.01. The maximum absolute atomic E-state index is 8.37. The molecule has 1 aliphatic carbocycles. The summed E-state index contributed by atoms with van der Waals surface area (Å²) in [5, 5.41) is 16.7. The Bertz CT molecular complexity index is 213. The molecule has 0 atom stereocenters. The van der Waals surface area contributed by atoms with Gasteiger partial charge >= 0.3 is 0 Å². The molecule has 1 saturated carbocycles. The van der Waals surface area contributed by atoms with Gasteiger partial charge in [-0.2, -0.15) is 10.5 Å². The fourth-order valence-electron chi connectivity index (χ4n) is 1.57. The van der Waals surface area contributed by atoms with Crippen molar-refractivity contribution in [3.8, 4) is 12.1 Å². The molecular weight excluding hydrogens is 168 g/mol. The van der Waals surface area contributed by atoms with E-state index in [1.165, 1.54) is 0 Å². The molecule has 0 unspecified atom stereocenters. The first-order chi connectivity index (χ1) is 6.33. The van der Waals surface area contributed by atoms with Crippen LogP contribution in [0.15, 0.2) is 0 Å². The topological polar surface area (TPSA) is 66.0 Å². The van der Waals surface area contributed by atoms with Gasteiger partial charge in [-0.05, 0) is 12.8 Å². The van der Waals surface area contributed by atoms with Gasteiger partial charge in [0, 0.05) is 12.8 Å². The molecule has 1 rings (SSSR count). The minimum absolute atomic E-state index is 0.0332. The summed E-state index contributed by atoms with van der Waals surface area (Å²) in [5.74, 6) is -0.647. The summed E-state index contributed by atoms with van der Waals surface area (Å²) in [6, 6.07) is 3.82. The molecule has 0 heterocycles. The van der Waals surface area contributed by atoms with Crippen LogP contribution < -0.4 is 0 Å². The van der Waals surface area contributed by atoms with Gasteiger partial charge in [0.1, 0.15) is 13.2 Å². The van der Waals surface area contributed by atoms with Crippen molar-refractivity contribution in [2.45, 2.75) is 31.5 Å². The molecule has 0 saturated heterocycles. The molecule has 0 aromatic heterocycles. The van der Waals surface area contributed by atoms with Crippen LogP contribution in [-0.2, 0) is 9.47 Å². The van der Waals surface area contributed by atoms with Gasteiger partial charge in [0.05, 0.1) is 12.1 Å². The van der Waals surface area contributed by atoms with E-state index in [-0.39, 0.29) is 13.2 Å². The molecule has 0 amide bonds. The molecule has 1 aliphatic rings. The lowest BCUT2D eigenvalue weighted by molar-refractivity contribution is -0.218. The summed E-state index contributed by atoms with van der Waals surface area (Å²) >= 11 is 0. The van der Waals surface area contributed by atoms with Gasteiger partial charge < -0.3 is 9.47 Å². The molecule has 0 bridgehead atoms. The van der Waals surface area contributed by atoms with E-state index in [0.717, 1.165) is 25.7 Å². The van der Waals surface area contributed by atoms with Crippen LogP contribution in [0, 0.1) is 22.7 Å². The molecular formula is C9H12N2O2. The van der Waals surface area contributed by atoms with Gasteiger partial charge in [-0.1, -0.05) is 0 Å². The van der Waals surface area contributed by atoms with E-state index < -0.39 is 5.79 Å². The third kappa shape index (κ3) is 2.69. The molecule has 13 heavy (non-hydrogen) atoms. The molecule has 1 fully saturated rings. The third-order valence-corrected chi connectivity index (χ3v) is 2.16. The second-order valence-corrected chi connectivity index (χ2v) is 3.01. The Kier molecular flexibility index (Phi) is 3.70. The minimum atomic E-state index is -0.647. The van der Waals surface area contributed by atoms with E-state index in [2.05, 4.69) is 0 Å². The molecule has 0 aliphatic heterocycles. The van der Waals surface area contributed by atoms with Crippen molar-refractivity contribution in [2.75, 3.05) is 13.2 Å². The fourth-order valence-corrected chi connectivity index (χ4v) is 1.57. The van der Waals surface area contributed by atoms with Crippen molar-refractivity contribution < 1.29 is 9.47 Å². The molecule has 0 aromatic rings. The van der Waals surface area contributed by atoms with Crippen LogP contribution in [0.5, 0.6) is 0 Å². The van der Waals surface area contributed by atoms with Crippen molar-refractivity contribution >= 4 is 0 Å². The predicted octanol–water partition coefficient (Wildman–Crippen LogP) is 1.34. The van der Waals surface area contributed by atoms with Crippen molar-refractivity contribution in [3.05, 3.63) is 0 Å². The Morgan fingerprint density at radius 1 is 1.00 bits per heavy atom. The van der Waals surface area contributed by atoms with Crippen LogP contribution >= 0.6 is 0 Å². The molecule has 70 valence electrons. The van der Waals surface area contributed by atoms with Crippen LogP contribution in [0.1, 0.15) is 25.7 Å². The van der Waals surface area contributed by atoms with Crippen LogP contribution in [0.25, 0.3) is 0 Å². The van der Waals surface area contributed by atoms with E-state index in [1.54, 1.807) is 0 Å². The minimum Gasteiger partial charge on any atom is -0.335 e. The highest BCUT2D eigenvalue weighted by atomic mass is 16.7. The average Bonchev–Trinajstić information content (AvgIpc) is 2.61. The first-order valence-corrected chi connectivity index (χ1v) is 4.35. The van der Waals surface area contributed by atoms with Crippen molar-refractivity contribution in [1.29, 1.82) is 10.5 Å². The number of hydrogen-bond donors (Lipinski definition) is 0. The van der Waals surface area contributed by atoms with Gasteiger partial charge in [-0.15, -0.1) is 0 Å². The van der Waals surface area contributed by atoms with E-state index >= 15 is 0 Å². The van der Waals surface area contributed by atoms with Crippen molar-refractivity contribution in [2.24, 2.45) is 0 Å². The van der Waals surface area contributed by atoms with Crippen LogP contribution in [0.2, 0.25) is 0 Å². The first-order valence-electron chi connectivity index (χ1n) is 4.35. The van der Waals surface area contributed by atoms with Crippen LogP contribution in [-0.4, -0.2) is 19.0 Å². The molecule has 4 nitrogen and oxygen atoms in total. The SMILES string of the molecule is N#CCOC1(OCC#N)CCCC1. The zero-order valence-electron chi connectivity index (χ0n) is 7.45. The van der Waals surface area contributed by atoms with Gasteiger partial charge in [-0.25, -0.2) is 0 Å². The normalized spacial score (nSPS) is 19.2. The Labute approximate surface area is 77.7 Å². The fraction of sp³-hybridized carbons (Fsp3) is 0.778. The van der Waals surface area contributed by atoms with Gasteiger partial charge in [-0.3, -0.25) is 0 Å². The summed E-state index contributed by atoms with van der Waals surface area (Å²) in [7, 11) is 0. The molecule has 4 heteroatoms. The zero-order valence-corrected chi connectivity index (χ0v) is 7.45. The number of hydrogen-bond acceptors (Lipinski definition) is 4. The summed E-state index contributed by atoms with van der Waals surface area (Å²) in [6.07, 6.45) is 3.65. The highest BCUT2D eigenvalue weighted by molar-refractivity contribution is 4.82. The Morgan fingerprint density at radius 3 is 1.85 bits per heavy atom. The Morgan fingerprint density at radius 2 is 1.46 bits per heavy atom. The zero-order chi connectivity index (χ0) is 9.57. The van der Waals surface area contributed by atoms with E-state index in [4.69, 9.17) is 20.0 Å². The first kappa shape index (κ1) is 9.98. The summed E-state index contributed by atoms with van der Waals surface area (Å²) in [6.45, 7) is 0.0663. The number of nitrogens with zero attached hydrogens (tertiary/aromatic N) is 2. The lowest BCUT2D eigenvalue weighted by Gasteiger charge is -2.26. The Hall–Kier alpha value is -1.10. The summed E-state index contributed by atoms with van der Waals surface area (Å²) < 4.78 is 10.6. The predicted molar refractivity (Wildman–Crippen MR) is 44.3 cm³/mol. The largest absolute Gasteiger partial charge is 0.335 e. The monoisotopic (exact) mass is 180 g/mol.